The molecule has 4 heteroatoms. The summed E-state index contributed by atoms with van der Waals surface area (Å²) in [5.41, 5.74) is 3.32. The molecular formula is C17H17NO2S. The highest BCUT2D eigenvalue weighted by Crippen LogP contribution is 2.26. The normalized spacial score (nSPS) is 15.2. The quantitative estimate of drug-likeness (QED) is 0.857. The molecule has 2 N–H and O–H groups in total. The lowest BCUT2D eigenvalue weighted by Crippen LogP contribution is -2.31. The molecule has 1 aliphatic rings. The van der Waals surface area contributed by atoms with Gasteiger partial charge in [0.25, 0.3) is 5.91 Å². The number of carbonyl (C=O) groups excluding carboxylic acids is 1. The standard InChI is InChI=1S/C17H17NO2S/c1-21-14-6-4-12(5-7-14)16(19)13-3-2-11-8-9-18-17(20)15(11)10-13/h2-7,10,16,19H,8-9H2,1H3,(H,18,20). The van der Waals surface area contributed by atoms with E-state index in [0.29, 0.717) is 12.1 Å². The zero-order valence-corrected chi connectivity index (χ0v) is 12.6. The van der Waals surface area contributed by atoms with Gasteiger partial charge in [0.05, 0.1) is 0 Å². The summed E-state index contributed by atoms with van der Waals surface area (Å²) in [5.74, 6) is -0.0527. The van der Waals surface area contributed by atoms with Crippen molar-refractivity contribution in [1.29, 1.82) is 0 Å². The first kappa shape index (κ1) is 14.2. The summed E-state index contributed by atoms with van der Waals surface area (Å²) in [6, 6.07) is 13.5. The Kier molecular flexibility index (Phi) is 3.99. The number of amides is 1. The van der Waals surface area contributed by atoms with Crippen LogP contribution < -0.4 is 5.32 Å². The van der Waals surface area contributed by atoms with E-state index >= 15 is 0 Å². The highest BCUT2D eigenvalue weighted by Gasteiger charge is 2.19. The highest BCUT2D eigenvalue weighted by molar-refractivity contribution is 7.98. The minimum absolute atomic E-state index is 0.0527. The summed E-state index contributed by atoms with van der Waals surface area (Å²) in [4.78, 5) is 13.0. The van der Waals surface area contributed by atoms with E-state index in [9.17, 15) is 9.90 Å². The van der Waals surface area contributed by atoms with Crippen molar-refractivity contribution in [3.05, 3.63) is 64.7 Å². The van der Waals surface area contributed by atoms with Gasteiger partial charge in [-0.05, 0) is 47.6 Å². The smallest absolute Gasteiger partial charge is 0.251 e. The summed E-state index contributed by atoms with van der Waals surface area (Å²) >= 11 is 1.67. The Morgan fingerprint density at radius 1 is 1.14 bits per heavy atom. The SMILES string of the molecule is CSc1ccc(C(O)c2ccc3c(c2)C(=O)NCC3)cc1. The number of aliphatic hydroxyl groups is 1. The molecule has 3 nitrogen and oxygen atoms in total. The largest absolute Gasteiger partial charge is 0.384 e. The highest BCUT2D eigenvalue weighted by atomic mass is 32.2. The number of carbonyl (C=O) groups is 1. The van der Waals surface area contributed by atoms with E-state index in [1.54, 1.807) is 17.8 Å². The summed E-state index contributed by atoms with van der Waals surface area (Å²) in [7, 11) is 0. The van der Waals surface area contributed by atoms with Crippen LogP contribution in [0.3, 0.4) is 0 Å². The third kappa shape index (κ3) is 2.82. The molecule has 1 aliphatic heterocycles. The molecule has 0 radical (unpaired) electrons. The monoisotopic (exact) mass is 299 g/mol. The lowest BCUT2D eigenvalue weighted by molar-refractivity contribution is 0.0945. The molecule has 0 saturated heterocycles. The maximum Gasteiger partial charge on any atom is 0.251 e. The van der Waals surface area contributed by atoms with Gasteiger partial charge in [-0.3, -0.25) is 4.79 Å². The van der Waals surface area contributed by atoms with E-state index in [1.807, 2.05) is 42.7 Å². The molecule has 3 rings (SSSR count). The number of nitrogens with one attached hydrogen (secondary N) is 1. The number of rotatable bonds is 3. The Morgan fingerprint density at radius 2 is 1.86 bits per heavy atom. The molecule has 1 unspecified atom stereocenters. The number of hydrogen-bond donors (Lipinski definition) is 2. The van der Waals surface area contributed by atoms with Gasteiger partial charge in [-0.2, -0.15) is 0 Å². The maximum atomic E-state index is 11.9. The topological polar surface area (TPSA) is 49.3 Å². The fourth-order valence-corrected chi connectivity index (χ4v) is 2.99. The van der Waals surface area contributed by atoms with Crippen molar-refractivity contribution in [3.63, 3.8) is 0 Å². The van der Waals surface area contributed by atoms with Gasteiger partial charge in [-0.1, -0.05) is 24.3 Å². The number of fused-ring (bicyclic) bond motifs is 1. The lowest BCUT2D eigenvalue weighted by atomic mass is 9.94. The molecule has 108 valence electrons. The van der Waals surface area contributed by atoms with Crippen LogP contribution in [0.4, 0.5) is 0 Å². The Hall–Kier alpha value is -1.78. The van der Waals surface area contributed by atoms with Gasteiger partial charge in [0.15, 0.2) is 0 Å². The summed E-state index contributed by atoms with van der Waals surface area (Å²) in [6.07, 6.45) is 2.16. The van der Waals surface area contributed by atoms with E-state index < -0.39 is 6.10 Å². The second-order valence-electron chi connectivity index (χ2n) is 5.10. The molecule has 2 aromatic carbocycles. The van der Waals surface area contributed by atoms with Gasteiger partial charge < -0.3 is 10.4 Å². The second-order valence-corrected chi connectivity index (χ2v) is 5.98. The Labute approximate surface area is 128 Å². The van der Waals surface area contributed by atoms with Crippen LogP contribution in [0, 0.1) is 0 Å². The zero-order chi connectivity index (χ0) is 14.8. The Morgan fingerprint density at radius 3 is 2.57 bits per heavy atom. The molecule has 1 atom stereocenters. The van der Waals surface area contributed by atoms with Crippen LogP contribution in [0.25, 0.3) is 0 Å². The first-order chi connectivity index (χ1) is 10.2. The summed E-state index contributed by atoms with van der Waals surface area (Å²) < 4.78 is 0. The van der Waals surface area contributed by atoms with Crippen LogP contribution in [0.2, 0.25) is 0 Å². The van der Waals surface area contributed by atoms with Crippen LogP contribution >= 0.6 is 11.8 Å². The van der Waals surface area contributed by atoms with Crippen molar-refractivity contribution in [2.24, 2.45) is 0 Å². The molecule has 1 heterocycles. The maximum absolute atomic E-state index is 11.9. The number of hydrogen-bond acceptors (Lipinski definition) is 3. The third-order valence-corrected chi connectivity index (χ3v) is 4.55. The minimum atomic E-state index is -0.707. The number of thioether (sulfide) groups is 1. The molecule has 21 heavy (non-hydrogen) atoms. The van der Waals surface area contributed by atoms with Crippen molar-refractivity contribution >= 4 is 17.7 Å². The molecule has 2 aromatic rings. The molecule has 0 aromatic heterocycles. The summed E-state index contributed by atoms with van der Waals surface area (Å²) in [5, 5.41) is 13.3. The molecular weight excluding hydrogens is 282 g/mol. The van der Waals surface area contributed by atoms with Crippen LogP contribution in [0.15, 0.2) is 47.4 Å². The average molecular weight is 299 g/mol. The Bertz CT molecular complexity index is 667. The van der Waals surface area contributed by atoms with Crippen molar-refractivity contribution in [2.45, 2.75) is 17.4 Å². The third-order valence-electron chi connectivity index (χ3n) is 3.81. The van der Waals surface area contributed by atoms with E-state index in [2.05, 4.69) is 5.32 Å². The first-order valence-corrected chi connectivity index (χ1v) is 8.14. The van der Waals surface area contributed by atoms with Crippen LogP contribution in [0.1, 0.15) is 33.2 Å². The number of aliphatic hydroxyl groups excluding tert-OH is 1. The van der Waals surface area contributed by atoms with Crippen molar-refractivity contribution in [2.75, 3.05) is 12.8 Å². The van der Waals surface area contributed by atoms with Gasteiger partial charge in [0.2, 0.25) is 0 Å². The second kappa shape index (κ2) is 5.92. The molecule has 1 amide bonds. The molecule has 0 bridgehead atoms. The van der Waals surface area contributed by atoms with Gasteiger partial charge >= 0.3 is 0 Å². The van der Waals surface area contributed by atoms with E-state index in [1.165, 1.54) is 0 Å². The van der Waals surface area contributed by atoms with Crippen molar-refractivity contribution in [1.82, 2.24) is 5.32 Å². The van der Waals surface area contributed by atoms with Gasteiger partial charge in [0.1, 0.15) is 6.10 Å². The molecule has 0 fully saturated rings. The first-order valence-electron chi connectivity index (χ1n) is 6.92. The van der Waals surface area contributed by atoms with Crippen molar-refractivity contribution < 1.29 is 9.90 Å². The summed E-state index contributed by atoms with van der Waals surface area (Å²) in [6.45, 7) is 0.684. The van der Waals surface area contributed by atoms with Crippen LogP contribution in [-0.4, -0.2) is 23.8 Å². The van der Waals surface area contributed by atoms with Crippen LogP contribution in [-0.2, 0) is 6.42 Å². The van der Waals surface area contributed by atoms with E-state index in [0.717, 1.165) is 28.0 Å². The van der Waals surface area contributed by atoms with E-state index in [-0.39, 0.29) is 5.91 Å². The fraction of sp³-hybridized carbons (Fsp3) is 0.235. The number of benzene rings is 2. The fourth-order valence-electron chi connectivity index (χ4n) is 2.58. The predicted molar refractivity (Wildman–Crippen MR) is 84.8 cm³/mol. The van der Waals surface area contributed by atoms with Gasteiger partial charge in [-0.15, -0.1) is 11.8 Å². The molecule has 0 spiro atoms. The Balaban J connectivity index is 1.92. The van der Waals surface area contributed by atoms with Crippen molar-refractivity contribution in [3.8, 4) is 0 Å². The zero-order valence-electron chi connectivity index (χ0n) is 11.8. The van der Waals surface area contributed by atoms with E-state index in [4.69, 9.17) is 0 Å². The minimum Gasteiger partial charge on any atom is -0.384 e. The van der Waals surface area contributed by atoms with Gasteiger partial charge in [-0.25, -0.2) is 0 Å². The molecule has 0 saturated carbocycles. The predicted octanol–water partition coefficient (Wildman–Crippen LogP) is 2.78. The van der Waals surface area contributed by atoms with Gasteiger partial charge in [0, 0.05) is 17.0 Å². The van der Waals surface area contributed by atoms with Crippen LogP contribution in [0.5, 0.6) is 0 Å². The average Bonchev–Trinajstić information content (AvgIpc) is 2.54. The lowest BCUT2D eigenvalue weighted by Gasteiger charge is -2.19. The molecule has 0 aliphatic carbocycles.